The van der Waals surface area contributed by atoms with Crippen LogP contribution in [-0.2, 0) is 61.0 Å². The highest BCUT2D eigenvalue weighted by Gasteiger charge is 2.47. The van der Waals surface area contributed by atoms with Crippen molar-refractivity contribution < 1.29 is 68.8 Å². The van der Waals surface area contributed by atoms with Crippen molar-refractivity contribution in [3.8, 4) is 23.3 Å². The van der Waals surface area contributed by atoms with Crippen LogP contribution in [0.2, 0.25) is 0 Å². The number of nitrogens with one attached hydrogen (secondary N) is 1. The number of phosphoric acid groups is 3. The lowest BCUT2D eigenvalue weighted by Gasteiger charge is -2.24. The minimum Gasteiger partial charge on any atom is -0.493 e. The number of phosphoric ester groups is 2. The van der Waals surface area contributed by atoms with Crippen LogP contribution < -0.4 is 26.5 Å². The van der Waals surface area contributed by atoms with E-state index in [1.165, 1.54) is 20.3 Å². The first kappa shape index (κ1) is 41.2. The predicted molar refractivity (Wildman–Crippen MR) is 170 cm³/mol. The number of benzene rings is 1. The topological polar surface area (TPSA) is 277 Å². The molecule has 0 bridgehead atoms. The molecule has 2 aromatic rings. The summed E-state index contributed by atoms with van der Waals surface area (Å²) in [5.41, 5.74) is 3.29. The molecule has 0 radical (unpaired) electrons. The Morgan fingerprint density at radius 2 is 1.58 bits per heavy atom. The molecule has 0 spiro atoms. The number of nitro groups is 1. The van der Waals surface area contributed by atoms with E-state index in [1.54, 1.807) is 0 Å². The van der Waals surface area contributed by atoms with Crippen molar-refractivity contribution in [1.82, 2.24) is 9.55 Å². The summed E-state index contributed by atoms with van der Waals surface area (Å²) in [6, 6.07) is 2.48. The molecule has 50 heavy (non-hydrogen) atoms. The molecule has 22 nitrogen and oxygen atoms in total. The van der Waals surface area contributed by atoms with Gasteiger partial charge in [0, 0.05) is 41.1 Å². The second-order valence-electron chi connectivity index (χ2n) is 9.55. The zero-order valence-electron chi connectivity index (χ0n) is 27.5. The predicted octanol–water partition coefficient (Wildman–Crippen LogP) is 2.60. The van der Waals surface area contributed by atoms with E-state index in [0.717, 1.165) is 45.3 Å². The van der Waals surface area contributed by atoms with Gasteiger partial charge >= 0.3 is 29.2 Å². The fourth-order valence-electron chi connectivity index (χ4n) is 4.27. The first-order valence-corrected chi connectivity index (χ1v) is 18.3. The highest BCUT2D eigenvalue weighted by molar-refractivity contribution is 7.67. The zero-order valence-corrected chi connectivity index (χ0v) is 30.1. The van der Waals surface area contributed by atoms with E-state index in [0.29, 0.717) is 0 Å². The summed E-state index contributed by atoms with van der Waals surface area (Å²) in [6.07, 6.45) is -2.53. The summed E-state index contributed by atoms with van der Waals surface area (Å²) in [4.78, 5) is 38.4. The average Bonchev–Trinajstić information content (AvgIpc) is 3.51. The number of aromatic amines is 1. The fourth-order valence-corrected chi connectivity index (χ4v) is 8.72. The number of nitrogens with zero attached hydrogens (tertiary/aromatic N) is 2. The molecule has 3 unspecified atom stereocenters. The molecule has 25 heteroatoms. The van der Waals surface area contributed by atoms with Gasteiger partial charge in [-0.25, -0.2) is 18.5 Å². The van der Waals surface area contributed by atoms with Crippen molar-refractivity contribution in [3.05, 3.63) is 60.4 Å². The summed E-state index contributed by atoms with van der Waals surface area (Å²) < 4.78 is 95.8. The van der Waals surface area contributed by atoms with Crippen LogP contribution in [0.25, 0.3) is 0 Å². The molecule has 3 rings (SSSR count). The number of ether oxygens (including phenoxy) is 4. The number of hydrogen-bond donors (Lipinski definition) is 2. The Morgan fingerprint density at radius 1 is 0.980 bits per heavy atom. The molecule has 1 saturated heterocycles. The second kappa shape index (κ2) is 17.8. The third kappa shape index (κ3) is 10.2. The molecular weight excluding hydrogens is 737 g/mol. The quantitative estimate of drug-likeness (QED) is 0.0953. The van der Waals surface area contributed by atoms with Crippen LogP contribution in [0.5, 0.6) is 11.5 Å². The van der Waals surface area contributed by atoms with Gasteiger partial charge in [0.05, 0.1) is 56.6 Å². The number of methoxy groups -OCH3 is 2. The van der Waals surface area contributed by atoms with Crippen molar-refractivity contribution >= 4 is 29.2 Å². The molecule has 1 aromatic carbocycles. The Hall–Kier alpha value is -3.25. The van der Waals surface area contributed by atoms with E-state index < -0.39 is 71.3 Å². The number of H-pyrrole nitrogens is 1. The van der Waals surface area contributed by atoms with Crippen LogP contribution in [-0.4, -0.2) is 82.5 Å². The first-order chi connectivity index (χ1) is 23.6. The minimum absolute atomic E-state index is 0.0566. The van der Waals surface area contributed by atoms with Crippen LogP contribution in [0.15, 0.2) is 27.9 Å². The second-order valence-corrected chi connectivity index (χ2v) is 15.3. The Kier molecular flexibility index (Phi) is 14.7. The number of hydrogen-bond acceptors (Lipinski definition) is 19. The first-order valence-electron chi connectivity index (χ1n) is 13.9. The molecule has 0 saturated carbocycles. The molecule has 1 fully saturated rings. The van der Waals surface area contributed by atoms with E-state index in [4.69, 9.17) is 42.3 Å². The zero-order chi connectivity index (χ0) is 37.3. The van der Waals surface area contributed by atoms with Crippen molar-refractivity contribution in [1.29, 1.82) is 0 Å². The molecule has 0 amide bonds. The van der Waals surface area contributed by atoms with Crippen molar-refractivity contribution in [2.45, 2.75) is 31.5 Å². The number of nitrogens with two attached hydrogens (primary N) is 1. The van der Waals surface area contributed by atoms with Crippen LogP contribution in [0.1, 0.15) is 23.8 Å². The lowest BCUT2D eigenvalue weighted by molar-refractivity contribution is -0.386. The van der Waals surface area contributed by atoms with Gasteiger partial charge in [0.15, 0.2) is 11.5 Å². The Labute approximate surface area is 284 Å². The Morgan fingerprint density at radius 3 is 2.14 bits per heavy atom. The van der Waals surface area contributed by atoms with E-state index >= 15 is 0 Å². The van der Waals surface area contributed by atoms with Crippen molar-refractivity contribution in [2.24, 2.45) is 5.73 Å². The van der Waals surface area contributed by atoms with E-state index in [-0.39, 0.29) is 41.3 Å². The summed E-state index contributed by atoms with van der Waals surface area (Å²) >= 11 is 0. The largest absolute Gasteiger partial charge is 0.493 e. The van der Waals surface area contributed by atoms with E-state index in [1.807, 2.05) is 0 Å². The number of rotatable bonds is 18. The molecule has 0 aliphatic carbocycles. The SMILES string of the molecule is COc1cc(COC2C[C@H](n3cc(C#CCN)c(=O)[nH]c3=O)O[C@@H]2COP(=O)(OC)OP(=O)(OC)OP(=O)(OC)OC)c([N+](=O)[O-])cc1OC. The molecule has 5 atom stereocenters. The average molecular weight is 772 g/mol. The molecule has 1 aliphatic heterocycles. The van der Waals surface area contributed by atoms with Crippen LogP contribution in [0.3, 0.4) is 0 Å². The normalized spacial score (nSPS) is 19.9. The van der Waals surface area contributed by atoms with Crippen LogP contribution >= 0.6 is 23.5 Å². The van der Waals surface area contributed by atoms with Gasteiger partial charge in [-0.1, -0.05) is 11.8 Å². The molecule has 1 aliphatic rings. The standard InChI is InChI=1S/C25H35N4O18P3/c1-37-19-10-17(18(29(32)33)11-20(19)38-2)14-43-21-12-23(28-13-16(8-7-9-26)24(30)27-25(28)31)45-22(21)15-44-49(35,41-5)47-50(36,42-6)46-48(34,39-3)40-4/h10-11,13,21-23H,9,12,14-15,26H2,1-6H3,(H,27,30,31)/t21?,22-,23-,49?,50?/m1/s1. The third-order valence-corrected chi connectivity index (χ3v) is 12.2. The lowest BCUT2D eigenvalue weighted by atomic mass is 10.1. The maximum absolute atomic E-state index is 13.4. The minimum atomic E-state index is -5.02. The maximum Gasteiger partial charge on any atom is 0.492 e. The van der Waals surface area contributed by atoms with Gasteiger partial charge in [-0.3, -0.25) is 47.1 Å². The highest BCUT2D eigenvalue weighted by atomic mass is 31.3. The van der Waals surface area contributed by atoms with Crippen molar-refractivity contribution in [3.63, 3.8) is 0 Å². The molecule has 1 aromatic heterocycles. The van der Waals surface area contributed by atoms with Crippen LogP contribution in [0.4, 0.5) is 5.69 Å². The number of aromatic nitrogens is 2. The maximum atomic E-state index is 13.4. The van der Waals surface area contributed by atoms with E-state index in [9.17, 15) is 33.4 Å². The van der Waals surface area contributed by atoms with Crippen LogP contribution in [0, 0.1) is 22.0 Å². The molecule has 278 valence electrons. The van der Waals surface area contributed by atoms with Gasteiger partial charge in [-0.05, 0) is 6.07 Å². The Balaban J connectivity index is 1.96. The molecule has 3 N–H and O–H groups in total. The summed E-state index contributed by atoms with van der Waals surface area (Å²) in [7, 11) is -8.34. The van der Waals surface area contributed by atoms with Gasteiger partial charge in [0.1, 0.15) is 17.9 Å². The summed E-state index contributed by atoms with van der Waals surface area (Å²) in [5.74, 6) is 5.30. The van der Waals surface area contributed by atoms with Crippen molar-refractivity contribution in [2.75, 3.05) is 55.8 Å². The monoisotopic (exact) mass is 772 g/mol. The van der Waals surface area contributed by atoms with Gasteiger partial charge in [0.2, 0.25) is 0 Å². The van der Waals surface area contributed by atoms with Gasteiger partial charge in [-0.2, -0.15) is 8.62 Å². The summed E-state index contributed by atoms with van der Waals surface area (Å²) in [6.45, 7) is -1.22. The van der Waals surface area contributed by atoms with E-state index in [2.05, 4.69) is 30.4 Å². The van der Waals surface area contributed by atoms with Gasteiger partial charge in [-0.15, -0.1) is 0 Å². The smallest absolute Gasteiger partial charge is 0.492 e. The van der Waals surface area contributed by atoms with Gasteiger partial charge in [0.25, 0.3) is 11.2 Å². The van der Waals surface area contributed by atoms with Gasteiger partial charge < -0.3 is 24.7 Å². The highest BCUT2D eigenvalue weighted by Crippen LogP contribution is 2.72. The third-order valence-electron chi connectivity index (χ3n) is 6.71. The molecule has 2 heterocycles. The fraction of sp³-hybridized carbons (Fsp3) is 0.520. The Bertz CT molecular complexity index is 1850. The lowest BCUT2D eigenvalue weighted by Crippen LogP contribution is -2.33. The molecular formula is C25H35N4O18P3. The summed E-state index contributed by atoms with van der Waals surface area (Å²) in [5, 5.41) is 11.9. The number of nitro benzene ring substituents is 1.